The summed E-state index contributed by atoms with van der Waals surface area (Å²) in [5, 5.41) is 22.3. The molecule has 0 heterocycles. The number of hydrogen-bond donors (Lipinski definition) is 3. The van der Waals surface area contributed by atoms with Gasteiger partial charge >= 0.3 is 0 Å². The Morgan fingerprint density at radius 1 is 1.35 bits per heavy atom. The van der Waals surface area contributed by atoms with Gasteiger partial charge in [0.2, 0.25) is 0 Å². The maximum absolute atomic E-state index is 9.87. The summed E-state index contributed by atoms with van der Waals surface area (Å²) in [5.74, 6) is 1.26. The Kier molecular flexibility index (Phi) is 6.02. The molecule has 2 aliphatic carbocycles. The fraction of sp³-hybridized carbons (Fsp3) is 0.875. The zero-order chi connectivity index (χ0) is 14.4. The van der Waals surface area contributed by atoms with Crippen molar-refractivity contribution in [2.45, 2.75) is 38.7 Å². The van der Waals surface area contributed by atoms with E-state index < -0.39 is 6.10 Å². The third-order valence-corrected chi connectivity index (χ3v) is 4.73. The van der Waals surface area contributed by atoms with E-state index in [4.69, 9.17) is 4.74 Å². The molecule has 4 heteroatoms. The van der Waals surface area contributed by atoms with E-state index in [1.165, 1.54) is 0 Å². The molecule has 2 rings (SSSR count). The van der Waals surface area contributed by atoms with Crippen LogP contribution in [0.3, 0.4) is 0 Å². The first kappa shape index (κ1) is 16.0. The smallest absolute Gasteiger partial charge is 0.0897 e. The number of aliphatic hydroxyl groups is 2. The van der Waals surface area contributed by atoms with E-state index in [2.05, 4.69) is 24.4 Å². The largest absolute Gasteiger partial charge is 0.396 e. The van der Waals surface area contributed by atoms with Gasteiger partial charge < -0.3 is 20.3 Å². The van der Waals surface area contributed by atoms with Crippen LogP contribution in [0.25, 0.3) is 0 Å². The van der Waals surface area contributed by atoms with Crippen molar-refractivity contribution >= 4 is 0 Å². The van der Waals surface area contributed by atoms with Crippen molar-refractivity contribution in [3.63, 3.8) is 0 Å². The van der Waals surface area contributed by atoms with Crippen molar-refractivity contribution in [2.75, 3.05) is 32.9 Å². The second-order valence-electron chi connectivity index (χ2n) is 6.66. The molecule has 0 radical (unpaired) electrons. The lowest BCUT2D eigenvalue weighted by Crippen LogP contribution is -2.35. The molecule has 3 N–H and O–H groups in total. The summed E-state index contributed by atoms with van der Waals surface area (Å²) in [6, 6.07) is 0. The fourth-order valence-corrected chi connectivity index (χ4v) is 2.72. The Bertz CT molecular complexity index is 315. The van der Waals surface area contributed by atoms with Gasteiger partial charge in [0.05, 0.1) is 19.3 Å². The van der Waals surface area contributed by atoms with Crippen LogP contribution in [-0.2, 0) is 4.74 Å². The van der Waals surface area contributed by atoms with Crippen LogP contribution >= 0.6 is 0 Å². The second kappa shape index (κ2) is 7.55. The Morgan fingerprint density at radius 3 is 2.75 bits per heavy atom. The Hall–Kier alpha value is -0.420. The van der Waals surface area contributed by atoms with Crippen LogP contribution in [0.5, 0.6) is 0 Å². The number of aliphatic hydroxyl groups excluding tert-OH is 2. The molecule has 4 nitrogen and oxygen atoms in total. The Morgan fingerprint density at radius 2 is 2.10 bits per heavy atom. The van der Waals surface area contributed by atoms with Crippen LogP contribution in [0, 0.1) is 17.3 Å². The minimum atomic E-state index is -0.459. The molecule has 1 saturated carbocycles. The molecule has 3 atom stereocenters. The molecule has 3 unspecified atom stereocenters. The lowest BCUT2D eigenvalue weighted by molar-refractivity contribution is 0.0122. The normalized spacial score (nSPS) is 29.4. The number of allylic oxidation sites excluding steroid dienone is 2. The molecule has 2 aliphatic rings. The van der Waals surface area contributed by atoms with E-state index in [1.54, 1.807) is 0 Å². The summed E-state index contributed by atoms with van der Waals surface area (Å²) in [7, 11) is 0. The van der Waals surface area contributed by atoms with E-state index in [0.717, 1.165) is 38.8 Å². The second-order valence-corrected chi connectivity index (χ2v) is 6.66. The van der Waals surface area contributed by atoms with Gasteiger partial charge in [-0.3, -0.25) is 0 Å². The minimum absolute atomic E-state index is 0.102. The first-order chi connectivity index (χ1) is 9.65. The van der Waals surface area contributed by atoms with Crippen LogP contribution in [0.15, 0.2) is 12.2 Å². The molecule has 0 aromatic carbocycles. The molecule has 0 saturated heterocycles. The molecule has 0 aliphatic heterocycles. The van der Waals surface area contributed by atoms with E-state index >= 15 is 0 Å². The van der Waals surface area contributed by atoms with Crippen molar-refractivity contribution < 1.29 is 14.9 Å². The number of nitrogens with one attached hydrogen (secondary N) is 1. The fourth-order valence-electron chi connectivity index (χ4n) is 2.72. The molecular weight excluding hydrogens is 254 g/mol. The molecule has 116 valence electrons. The summed E-state index contributed by atoms with van der Waals surface area (Å²) in [6.45, 7) is 4.99. The average molecular weight is 283 g/mol. The lowest BCUT2D eigenvalue weighted by Gasteiger charge is -2.25. The summed E-state index contributed by atoms with van der Waals surface area (Å²) in [6.07, 6.45) is 8.44. The monoisotopic (exact) mass is 283 g/mol. The van der Waals surface area contributed by atoms with Crippen LogP contribution in [0.1, 0.15) is 32.6 Å². The minimum Gasteiger partial charge on any atom is -0.396 e. The summed E-state index contributed by atoms with van der Waals surface area (Å²) in [4.78, 5) is 0. The highest BCUT2D eigenvalue weighted by molar-refractivity contribution is 4.94. The highest BCUT2D eigenvalue weighted by Crippen LogP contribution is 2.44. The van der Waals surface area contributed by atoms with Crippen molar-refractivity contribution in [1.29, 1.82) is 0 Å². The highest BCUT2D eigenvalue weighted by Gasteiger charge is 2.41. The van der Waals surface area contributed by atoms with Crippen LogP contribution in [-0.4, -0.2) is 49.2 Å². The van der Waals surface area contributed by atoms with Gasteiger partial charge in [-0.25, -0.2) is 0 Å². The predicted molar refractivity (Wildman–Crippen MR) is 79.5 cm³/mol. The van der Waals surface area contributed by atoms with Gasteiger partial charge in [0.25, 0.3) is 0 Å². The van der Waals surface area contributed by atoms with Crippen LogP contribution in [0.2, 0.25) is 0 Å². The molecule has 0 aromatic heterocycles. The first-order valence-electron chi connectivity index (χ1n) is 7.87. The summed E-state index contributed by atoms with van der Waals surface area (Å²) < 4.78 is 5.66. The van der Waals surface area contributed by atoms with Crippen molar-refractivity contribution in [3.8, 4) is 0 Å². The van der Waals surface area contributed by atoms with E-state index in [9.17, 15) is 10.2 Å². The lowest BCUT2D eigenvalue weighted by atomic mass is 9.85. The predicted octanol–water partition coefficient (Wildman–Crippen LogP) is 1.33. The third-order valence-electron chi connectivity index (χ3n) is 4.73. The van der Waals surface area contributed by atoms with Crippen LogP contribution in [0.4, 0.5) is 0 Å². The number of rotatable bonds is 9. The molecule has 20 heavy (non-hydrogen) atoms. The highest BCUT2D eigenvalue weighted by atomic mass is 16.5. The van der Waals surface area contributed by atoms with Gasteiger partial charge in [-0.15, -0.1) is 0 Å². The quantitative estimate of drug-likeness (QED) is 0.559. The SMILES string of the molecule is CC1CC=CCC1COCC(O)CNCC1(CO)CC1. The molecule has 0 amide bonds. The zero-order valence-corrected chi connectivity index (χ0v) is 12.6. The topological polar surface area (TPSA) is 61.7 Å². The maximum Gasteiger partial charge on any atom is 0.0897 e. The van der Waals surface area contributed by atoms with E-state index in [-0.39, 0.29) is 12.0 Å². The summed E-state index contributed by atoms with van der Waals surface area (Å²) in [5.41, 5.74) is 0.102. The number of hydrogen-bond acceptors (Lipinski definition) is 4. The number of ether oxygens (including phenoxy) is 1. The van der Waals surface area contributed by atoms with Gasteiger partial charge in [0, 0.05) is 25.1 Å². The van der Waals surface area contributed by atoms with Gasteiger partial charge in [-0.1, -0.05) is 19.1 Å². The molecular formula is C16H29NO3. The van der Waals surface area contributed by atoms with E-state index in [1.807, 2.05) is 0 Å². The van der Waals surface area contributed by atoms with E-state index in [0.29, 0.717) is 25.0 Å². The van der Waals surface area contributed by atoms with Gasteiger partial charge in [-0.2, -0.15) is 0 Å². The Balaban J connectivity index is 1.51. The van der Waals surface area contributed by atoms with Gasteiger partial charge in [0.15, 0.2) is 0 Å². The average Bonchev–Trinajstić information content (AvgIpc) is 3.21. The standard InChI is InChI=1S/C16H29NO3/c1-13-4-2-3-5-14(13)9-20-10-15(19)8-17-11-16(12-18)6-7-16/h2-3,13-15,17-19H,4-12H2,1H3. The van der Waals surface area contributed by atoms with Crippen LogP contribution < -0.4 is 5.32 Å². The van der Waals surface area contributed by atoms with Crippen molar-refractivity contribution in [3.05, 3.63) is 12.2 Å². The zero-order valence-electron chi connectivity index (χ0n) is 12.6. The Labute approximate surface area is 122 Å². The molecule has 0 spiro atoms. The third kappa shape index (κ3) is 4.85. The van der Waals surface area contributed by atoms with Gasteiger partial charge in [0.1, 0.15) is 0 Å². The van der Waals surface area contributed by atoms with Crippen molar-refractivity contribution in [2.24, 2.45) is 17.3 Å². The first-order valence-corrected chi connectivity index (χ1v) is 7.87. The maximum atomic E-state index is 9.87. The molecule has 0 aromatic rings. The molecule has 1 fully saturated rings. The van der Waals surface area contributed by atoms with Crippen molar-refractivity contribution in [1.82, 2.24) is 5.32 Å². The van der Waals surface area contributed by atoms with Gasteiger partial charge in [-0.05, 0) is 37.5 Å². The summed E-state index contributed by atoms with van der Waals surface area (Å²) >= 11 is 0. The molecule has 0 bridgehead atoms.